The van der Waals surface area contributed by atoms with Gasteiger partial charge in [-0.05, 0) is 6.92 Å². The number of amides is 1. The van der Waals surface area contributed by atoms with Gasteiger partial charge in [0.05, 0.1) is 6.20 Å². The maximum atomic E-state index is 13.2. The van der Waals surface area contributed by atoms with Gasteiger partial charge in [-0.2, -0.15) is 4.98 Å². The number of anilines is 3. The number of nitrogens with zero attached hydrogens (tertiary/aromatic N) is 3. The number of fused-ring (bicyclic) bond motifs is 1. The minimum absolute atomic E-state index is 0.0269. The fraction of sp³-hybridized carbons (Fsp3) is 0.389. The van der Waals surface area contributed by atoms with Gasteiger partial charge in [-0.25, -0.2) is 18.2 Å². The highest BCUT2D eigenvalue weighted by Gasteiger charge is 2.33. The summed E-state index contributed by atoms with van der Waals surface area (Å²) in [4.78, 5) is 22.3. The summed E-state index contributed by atoms with van der Waals surface area (Å²) in [6.45, 7) is 1.78. The summed E-state index contributed by atoms with van der Waals surface area (Å²) in [6.07, 6.45) is 2.44. The first-order chi connectivity index (χ1) is 13.3. The maximum absolute atomic E-state index is 13.2. The SMILES string of the molecule is C[C@H]1C(=O)Nc2cnc(NC3CC(Oc4cc(F)c(F)c(F)c4)C3)nc2N1C. The summed E-state index contributed by atoms with van der Waals surface area (Å²) in [6, 6.07) is 1.35. The van der Waals surface area contributed by atoms with Gasteiger partial charge < -0.3 is 20.3 Å². The van der Waals surface area contributed by atoms with Crippen LogP contribution in [0.25, 0.3) is 0 Å². The number of nitrogens with one attached hydrogen (secondary N) is 2. The topological polar surface area (TPSA) is 79.4 Å². The van der Waals surface area contributed by atoms with Crippen molar-refractivity contribution in [2.24, 2.45) is 0 Å². The first-order valence-electron chi connectivity index (χ1n) is 8.80. The highest BCUT2D eigenvalue weighted by molar-refractivity contribution is 6.02. The molecule has 0 radical (unpaired) electrons. The molecule has 0 unspecified atom stereocenters. The highest BCUT2D eigenvalue weighted by atomic mass is 19.2. The van der Waals surface area contributed by atoms with Gasteiger partial charge in [0.25, 0.3) is 0 Å². The monoisotopic (exact) mass is 393 g/mol. The van der Waals surface area contributed by atoms with Gasteiger partial charge in [-0.3, -0.25) is 4.79 Å². The molecule has 2 aromatic rings. The van der Waals surface area contributed by atoms with Gasteiger partial charge in [-0.15, -0.1) is 0 Å². The summed E-state index contributed by atoms with van der Waals surface area (Å²) in [5.41, 5.74) is 0.548. The Morgan fingerprint density at radius 3 is 2.61 bits per heavy atom. The number of likely N-dealkylation sites (N-methyl/N-ethyl adjacent to an activating group) is 1. The van der Waals surface area contributed by atoms with Gasteiger partial charge in [0.2, 0.25) is 11.9 Å². The molecule has 28 heavy (non-hydrogen) atoms. The molecule has 1 aliphatic carbocycles. The Morgan fingerprint density at radius 1 is 1.25 bits per heavy atom. The molecule has 1 saturated carbocycles. The van der Waals surface area contributed by atoms with Crippen LogP contribution in [0.5, 0.6) is 5.75 Å². The summed E-state index contributed by atoms with van der Waals surface area (Å²) in [7, 11) is 1.78. The Balaban J connectivity index is 1.36. The minimum Gasteiger partial charge on any atom is -0.490 e. The summed E-state index contributed by atoms with van der Waals surface area (Å²) in [5.74, 6) is -3.21. The molecule has 2 N–H and O–H groups in total. The molecule has 4 rings (SSSR count). The molecule has 1 aromatic heterocycles. The van der Waals surface area contributed by atoms with E-state index in [2.05, 4.69) is 20.6 Å². The van der Waals surface area contributed by atoms with Crippen LogP contribution < -0.4 is 20.3 Å². The molecule has 0 saturated heterocycles. The Hall–Kier alpha value is -3.04. The molecule has 1 amide bonds. The molecule has 10 heteroatoms. The van der Waals surface area contributed by atoms with Crippen LogP contribution in [0.4, 0.5) is 30.6 Å². The van der Waals surface area contributed by atoms with Gasteiger partial charge in [0.1, 0.15) is 23.6 Å². The van der Waals surface area contributed by atoms with Crippen molar-refractivity contribution in [3.05, 3.63) is 35.8 Å². The van der Waals surface area contributed by atoms with Crippen LogP contribution in [-0.2, 0) is 4.79 Å². The van der Waals surface area contributed by atoms with E-state index in [1.54, 1.807) is 25.1 Å². The third kappa shape index (κ3) is 3.30. The van der Waals surface area contributed by atoms with Crippen LogP contribution in [0.15, 0.2) is 18.3 Å². The third-order valence-corrected chi connectivity index (χ3v) is 5.01. The van der Waals surface area contributed by atoms with E-state index in [0.29, 0.717) is 30.3 Å². The average Bonchev–Trinajstić information content (AvgIpc) is 2.63. The van der Waals surface area contributed by atoms with Crippen LogP contribution in [0.1, 0.15) is 19.8 Å². The van der Waals surface area contributed by atoms with Crippen molar-refractivity contribution < 1.29 is 22.7 Å². The molecule has 1 aromatic carbocycles. The third-order valence-electron chi connectivity index (χ3n) is 5.01. The Labute approximate surface area is 158 Å². The summed E-state index contributed by atoms with van der Waals surface area (Å²) < 4.78 is 45.0. The van der Waals surface area contributed by atoms with Gasteiger partial charge in [0.15, 0.2) is 23.3 Å². The zero-order valence-corrected chi connectivity index (χ0v) is 15.2. The van der Waals surface area contributed by atoms with E-state index in [0.717, 1.165) is 12.1 Å². The number of aromatic nitrogens is 2. The van der Waals surface area contributed by atoms with Crippen molar-refractivity contribution in [3.63, 3.8) is 0 Å². The van der Waals surface area contributed by atoms with Crippen LogP contribution in [0.2, 0.25) is 0 Å². The van der Waals surface area contributed by atoms with E-state index in [1.165, 1.54) is 0 Å². The first kappa shape index (κ1) is 18.3. The number of carbonyl (C=O) groups excluding carboxylic acids is 1. The average molecular weight is 393 g/mol. The molecule has 2 heterocycles. The number of benzene rings is 1. The van der Waals surface area contributed by atoms with Gasteiger partial charge in [-0.1, -0.05) is 0 Å². The second kappa shape index (κ2) is 6.84. The minimum atomic E-state index is -1.51. The van der Waals surface area contributed by atoms with Crippen LogP contribution >= 0.6 is 0 Å². The fourth-order valence-electron chi connectivity index (χ4n) is 3.15. The molecule has 148 valence electrons. The van der Waals surface area contributed by atoms with Gasteiger partial charge in [0, 0.05) is 38.1 Å². The molecule has 0 bridgehead atoms. The Bertz CT molecular complexity index is 912. The second-order valence-corrected chi connectivity index (χ2v) is 6.96. The lowest BCUT2D eigenvalue weighted by atomic mass is 9.89. The molecule has 1 fully saturated rings. The molecular formula is C18H18F3N5O2. The van der Waals surface area contributed by atoms with E-state index in [1.807, 2.05) is 0 Å². The van der Waals surface area contributed by atoms with E-state index >= 15 is 0 Å². The van der Waals surface area contributed by atoms with E-state index in [-0.39, 0.29) is 29.8 Å². The predicted molar refractivity (Wildman–Crippen MR) is 95.9 cm³/mol. The van der Waals surface area contributed by atoms with E-state index in [4.69, 9.17) is 4.74 Å². The Morgan fingerprint density at radius 2 is 1.93 bits per heavy atom. The summed E-state index contributed by atoms with van der Waals surface area (Å²) >= 11 is 0. The first-order valence-corrected chi connectivity index (χ1v) is 8.80. The molecule has 2 aliphatic rings. The van der Waals surface area contributed by atoms with Crippen molar-refractivity contribution in [2.75, 3.05) is 22.6 Å². The number of carbonyl (C=O) groups is 1. The number of rotatable bonds is 4. The number of hydrogen-bond acceptors (Lipinski definition) is 6. The lowest BCUT2D eigenvalue weighted by Crippen LogP contribution is -2.45. The maximum Gasteiger partial charge on any atom is 0.246 e. The Kier molecular flexibility index (Phi) is 4.48. The quantitative estimate of drug-likeness (QED) is 0.778. The second-order valence-electron chi connectivity index (χ2n) is 6.96. The summed E-state index contributed by atoms with van der Waals surface area (Å²) in [5, 5.41) is 5.93. The van der Waals surface area contributed by atoms with Crippen LogP contribution in [0.3, 0.4) is 0 Å². The van der Waals surface area contributed by atoms with Crippen LogP contribution in [-0.4, -0.2) is 41.1 Å². The van der Waals surface area contributed by atoms with Gasteiger partial charge >= 0.3 is 0 Å². The standard InChI is InChI=1S/C18H18F3N5O2/c1-8-17(27)24-14-7-22-18(25-16(14)26(8)2)23-9-3-10(4-9)28-11-5-12(19)15(21)13(20)6-11/h5-10H,3-4H2,1-2H3,(H,24,27)(H,22,23,25)/t8-,9?,10?/m0/s1. The normalized spacial score (nSPS) is 23.5. The zero-order chi connectivity index (χ0) is 20.0. The lowest BCUT2D eigenvalue weighted by Gasteiger charge is -2.36. The van der Waals surface area contributed by atoms with Crippen LogP contribution in [0, 0.1) is 17.5 Å². The van der Waals surface area contributed by atoms with Crippen molar-refractivity contribution in [1.29, 1.82) is 0 Å². The molecular weight excluding hydrogens is 375 g/mol. The molecule has 1 aliphatic heterocycles. The molecule has 0 spiro atoms. The fourth-order valence-corrected chi connectivity index (χ4v) is 3.15. The van der Waals surface area contributed by atoms with E-state index in [9.17, 15) is 18.0 Å². The van der Waals surface area contributed by atoms with Crippen molar-refractivity contribution in [2.45, 2.75) is 38.0 Å². The van der Waals surface area contributed by atoms with E-state index < -0.39 is 17.5 Å². The smallest absolute Gasteiger partial charge is 0.246 e. The molecule has 7 nitrogen and oxygen atoms in total. The van der Waals surface area contributed by atoms with Crippen molar-refractivity contribution in [1.82, 2.24) is 9.97 Å². The molecule has 1 atom stereocenters. The van der Waals surface area contributed by atoms with Crippen molar-refractivity contribution in [3.8, 4) is 5.75 Å². The number of halogens is 3. The predicted octanol–water partition coefficient (Wildman–Crippen LogP) is 2.69. The lowest BCUT2D eigenvalue weighted by molar-refractivity contribution is -0.117. The number of hydrogen-bond donors (Lipinski definition) is 2. The largest absolute Gasteiger partial charge is 0.490 e. The van der Waals surface area contributed by atoms with Crippen molar-refractivity contribution >= 4 is 23.4 Å². The highest BCUT2D eigenvalue weighted by Crippen LogP contribution is 2.32. The number of ether oxygens (including phenoxy) is 1. The zero-order valence-electron chi connectivity index (χ0n) is 15.2.